The van der Waals surface area contributed by atoms with Gasteiger partial charge in [-0.1, -0.05) is 23.9 Å². The second-order valence-electron chi connectivity index (χ2n) is 7.10. The second kappa shape index (κ2) is 7.90. The largest absolute Gasteiger partial charge is 0.378 e. The zero-order valence-corrected chi connectivity index (χ0v) is 16.5. The van der Waals surface area contributed by atoms with E-state index in [0.29, 0.717) is 19.3 Å². The highest BCUT2D eigenvalue weighted by atomic mass is 32.2. The number of morpholine rings is 1. The number of hydrogen-bond donors (Lipinski definition) is 1. The summed E-state index contributed by atoms with van der Waals surface area (Å²) in [5.74, 6) is 0.871. The topological polar surface area (TPSA) is 72.3 Å². The van der Waals surface area contributed by atoms with Crippen molar-refractivity contribution in [1.29, 1.82) is 0 Å². The zero-order chi connectivity index (χ0) is 18.8. The summed E-state index contributed by atoms with van der Waals surface area (Å²) in [4.78, 5) is 14.6. The standard InChI is InChI=1S/C19H25N5O2S/c1-13-4-3-5-16(12-13)24-18(23-8-10-26-11-9-23)21-22-19(24)27-14(2)17(25)20-15-6-7-15/h3-5,12,14-15H,6-11H2,1-2H3,(H,20,25). The molecule has 2 fully saturated rings. The van der Waals surface area contributed by atoms with Gasteiger partial charge in [0, 0.05) is 19.1 Å². The number of ether oxygens (including phenoxy) is 1. The monoisotopic (exact) mass is 387 g/mol. The quantitative estimate of drug-likeness (QED) is 0.766. The van der Waals surface area contributed by atoms with E-state index in [9.17, 15) is 4.79 Å². The van der Waals surface area contributed by atoms with Gasteiger partial charge in [0.25, 0.3) is 0 Å². The molecule has 1 aliphatic heterocycles. The average Bonchev–Trinajstić information content (AvgIpc) is 3.39. The van der Waals surface area contributed by atoms with Crippen molar-refractivity contribution in [3.8, 4) is 5.69 Å². The third-order valence-electron chi connectivity index (χ3n) is 4.75. The van der Waals surface area contributed by atoms with Gasteiger partial charge in [-0.05, 0) is 44.4 Å². The number of benzene rings is 1. The van der Waals surface area contributed by atoms with Crippen LogP contribution >= 0.6 is 11.8 Å². The fraction of sp³-hybridized carbons (Fsp3) is 0.526. The first kappa shape index (κ1) is 18.3. The van der Waals surface area contributed by atoms with E-state index >= 15 is 0 Å². The Morgan fingerprint density at radius 3 is 2.78 bits per heavy atom. The van der Waals surface area contributed by atoms with Crippen LogP contribution in [0.25, 0.3) is 5.69 Å². The molecule has 1 saturated heterocycles. The lowest BCUT2D eigenvalue weighted by molar-refractivity contribution is -0.120. The minimum absolute atomic E-state index is 0.0641. The summed E-state index contributed by atoms with van der Waals surface area (Å²) in [6.07, 6.45) is 2.17. The molecular weight excluding hydrogens is 362 g/mol. The Morgan fingerprint density at radius 1 is 1.30 bits per heavy atom. The number of amides is 1. The van der Waals surface area contributed by atoms with Crippen LogP contribution in [0.3, 0.4) is 0 Å². The van der Waals surface area contributed by atoms with Gasteiger partial charge in [0.1, 0.15) is 0 Å². The maximum atomic E-state index is 12.4. The lowest BCUT2D eigenvalue weighted by atomic mass is 10.2. The van der Waals surface area contributed by atoms with Gasteiger partial charge in [0.2, 0.25) is 11.9 Å². The molecule has 4 rings (SSSR count). The molecule has 1 atom stereocenters. The summed E-state index contributed by atoms with van der Waals surface area (Å²) in [5, 5.41) is 12.5. The van der Waals surface area contributed by atoms with E-state index in [0.717, 1.165) is 42.7 Å². The summed E-state index contributed by atoms with van der Waals surface area (Å²) in [5.41, 5.74) is 2.18. The number of aromatic nitrogens is 3. The Labute approximate surface area is 163 Å². The van der Waals surface area contributed by atoms with Gasteiger partial charge in [-0.15, -0.1) is 10.2 Å². The molecule has 1 aromatic carbocycles. The Bertz CT molecular complexity index is 814. The highest BCUT2D eigenvalue weighted by Crippen LogP contribution is 2.30. The van der Waals surface area contributed by atoms with Crippen LogP contribution in [-0.2, 0) is 9.53 Å². The van der Waals surface area contributed by atoms with E-state index in [-0.39, 0.29) is 11.2 Å². The van der Waals surface area contributed by atoms with Crippen molar-refractivity contribution in [2.75, 3.05) is 31.2 Å². The average molecular weight is 388 g/mol. The number of thioether (sulfide) groups is 1. The van der Waals surface area contributed by atoms with Crippen LogP contribution in [-0.4, -0.2) is 58.3 Å². The molecule has 1 saturated carbocycles. The smallest absolute Gasteiger partial charge is 0.233 e. The molecular formula is C19H25N5O2S. The van der Waals surface area contributed by atoms with Gasteiger partial charge >= 0.3 is 0 Å². The van der Waals surface area contributed by atoms with Gasteiger partial charge in [-0.3, -0.25) is 9.36 Å². The Morgan fingerprint density at radius 2 is 2.07 bits per heavy atom. The molecule has 2 aromatic rings. The minimum atomic E-state index is -0.226. The minimum Gasteiger partial charge on any atom is -0.378 e. The summed E-state index contributed by atoms with van der Waals surface area (Å²) < 4.78 is 7.53. The van der Waals surface area contributed by atoms with Crippen molar-refractivity contribution < 1.29 is 9.53 Å². The molecule has 1 amide bonds. The van der Waals surface area contributed by atoms with Gasteiger partial charge in [-0.25, -0.2) is 0 Å². The summed E-state index contributed by atoms with van der Waals surface area (Å²) >= 11 is 1.45. The first-order chi connectivity index (χ1) is 13.1. The molecule has 2 aliphatic rings. The van der Waals surface area contributed by atoms with Crippen LogP contribution in [0.2, 0.25) is 0 Å². The van der Waals surface area contributed by atoms with Crippen LogP contribution in [0.15, 0.2) is 29.4 Å². The van der Waals surface area contributed by atoms with Crippen LogP contribution in [0.1, 0.15) is 25.3 Å². The fourth-order valence-electron chi connectivity index (χ4n) is 3.06. The second-order valence-corrected chi connectivity index (χ2v) is 8.41. The summed E-state index contributed by atoms with van der Waals surface area (Å²) in [6.45, 7) is 6.93. The predicted octanol–water partition coefficient (Wildman–Crippen LogP) is 2.17. The molecule has 1 aromatic heterocycles. The van der Waals surface area contributed by atoms with Crippen LogP contribution in [0.5, 0.6) is 0 Å². The fourth-order valence-corrected chi connectivity index (χ4v) is 3.93. The molecule has 0 spiro atoms. The lowest BCUT2D eigenvalue weighted by Gasteiger charge is -2.28. The maximum absolute atomic E-state index is 12.4. The Balaban J connectivity index is 1.63. The number of carbonyl (C=O) groups excluding carboxylic acids is 1. The van der Waals surface area contributed by atoms with Gasteiger partial charge in [0.15, 0.2) is 5.16 Å². The Kier molecular flexibility index (Phi) is 5.36. The highest BCUT2D eigenvalue weighted by molar-refractivity contribution is 8.00. The third kappa shape index (κ3) is 4.27. The first-order valence-electron chi connectivity index (χ1n) is 9.44. The highest BCUT2D eigenvalue weighted by Gasteiger charge is 2.28. The molecule has 1 unspecified atom stereocenters. The van der Waals surface area contributed by atoms with Gasteiger partial charge in [-0.2, -0.15) is 0 Å². The van der Waals surface area contributed by atoms with Crippen molar-refractivity contribution in [1.82, 2.24) is 20.1 Å². The van der Waals surface area contributed by atoms with E-state index in [1.807, 2.05) is 13.0 Å². The van der Waals surface area contributed by atoms with Gasteiger partial charge in [0.05, 0.1) is 24.2 Å². The SMILES string of the molecule is Cc1cccc(-n2c(SC(C)C(=O)NC3CC3)nnc2N2CCOCC2)c1. The van der Waals surface area contributed by atoms with E-state index in [1.54, 1.807) is 0 Å². The van der Waals surface area contributed by atoms with E-state index in [1.165, 1.54) is 17.3 Å². The molecule has 8 heteroatoms. The van der Waals surface area contributed by atoms with Crippen LogP contribution in [0.4, 0.5) is 5.95 Å². The predicted molar refractivity (Wildman–Crippen MR) is 106 cm³/mol. The summed E-state index contributed by atoms with van der Waals surface area (Å²) in [7, 11) is 0. The zero-order valence-electron chi connectivity index (χ0n) is 15.7. The van der Waals surface area contributed by atoms with Gasteiger partial charge < -0.3 is 15.0 Å². The van der Waals surface area contributed by atoms with Crippen molar-refractivity contribution in [2.24, 2.45) is 0 Å². The molecule has 0 radical (unpaired) electrons. The first-order valence-corrected chi connectivity index (χ1v) is 10.3. The third-order valence-corrected chi connectivity index (χ3v) is 5.79. The van der Waals surface area contributed by atoms with E-state index < -0.39 is 0 Å². The number of nitrogens with zero attached hydrogens (tertiary/aromatic N) is 4. The number of nitrogens with one attached hydrogen (secondary N) is 1. The van der Waals surface area contributed by atoms with E-state index in [4.69, 9.17) is 4.74 Å². The number of anilines is 1. The maximum Gasteiger partial charge on any atom is 0.233 e. The molecule has 2 heterocycles. The molecule has 7 nitrogen and oxygen atoms in total. The van der Waals surface area contributed by atoms with Crippen LogP contribution < -0.4 is 10.2 Å². The Hall–Kier alpha value is -2.06. The lowest BCUT2D eigenvalue weighted by Crippen LogP contribution is -2.38. The molecule has 27 heavy (non-hydrogen) atoms. The molecule has 0 bridgehead atoms. The number of hydrogen-bond acceptors (Lipinski definition) is 6. The van der Waals surface area contributed by atoms with Crippen molar-refractivity contribution in [3.63, 3.8) is 0 Å². The number of aryl methyl sites for hydroxylation is 1. The normalized spacial score (nSPS) is 18.4. The van der Waals surface area contributed by atoms with Crippen molar-refractivity contribution >= 4 is 23.6 Å². The van der Waals surface area contributed by atoms with E-state index in [2.05, 4.69) is 50.1 Å². The number of carbonyl (C=O) groups is 1. The summed E-state index contributed by atoms with van der Waals surface area (Å²) in [6, 6.07) is 8.64. The van der Waals surface area contributed by atoms with Crippen molar-refractivity contribution in [2.45, 2.75) is 43.1 Å². The molecule has 1 aliphatic carbocycles. The van der Waals surface area contributed by atoms with Crippen LogP contribution in [0, 0.1) is 6.92 Å². The molecule has 1 N–H and O–H groups in total. The number of rotatable bonds is 6. The molecule has 144 valence electrons. The van der Waals surface area contributed by atoms with Crippen molar-refractivity contribution in [3.05, 3.63) is 29.8 Å².